The quantitative estimate of drug-likeness (QED) is 0.168. The first-order valence-corrected chi connectivity index (χ1v) is 21.5. The summed E-state index contributed by atoms with van der Waals surface area (Å²) in [6.07, 6.45) is 0. The van der Waals surface area contributed by atoms with Gasteiger partial charge in [0.25, 0.3) is 0 Å². The highest BCUT2D eigenvalue weighted by molar-refractivity contribution is 7.26. The van der Waals surface area contributed by atoms with Gasteiger partial charge in [-0.15, -0.1) is 22.7 Å². The summed E-state index contributed by atoms with van der Waals surface area (Å²) >= 11 is 3.61. The highest BCUT2D eigenvalue weighted by Gasteiger charge is 2.15. The molecule has 278 valence electrons. The van der Waals surface area contributed by atoms with Crippen LogP contribution >= 0.6 is 22.7 Å². The molecule has 0 radical (unpaired) electrons. The van der Waals surface area contributed by atoms with Gasteiger partial charge in [-0.2, -0.15) is 10.5 Å². The van der Waals surface area contributed by atoms with E-state index in [1.165, 1.54) is 40.3 Å². The molecule has 4 heteroatoms. The van der Waals surface area contributed by atoms with Crippen molar-refractivity contribution in [1.82, 2.24) is 0 Å². The second-order valence-corrected chi connectivity index (χ2v) is 17.2. The van der Waals surface area contributed by atoms with Gasteiger partial charge in [-0.1, -0.05) is 127 Å². The normalized spacial score (nSPS) is 11.3. The highest BCUT2D eigenvalue weighted by Crippen LogP contribution is 2.43. The Morgan fingerprint density at radius 1 is 0.283 bits per heavy atom. The minimum Gasteiger partial charge on any atom is -0.192 e. The molecule has 0 saturated carbocycles. The minimum atomic E-state index is 0.637. The summed E-state index contributed by atoms with van der Waals surface area (Å²) in [5.74, 6) is 0. The molecule has 11 aromatic rings. The maximum absolute atomic E-state index is 10.2. The minimum absolute atomic E-state index is 0.637. The second kappa shape index (κ2) is 14.7. The lowest BCUT2D eigenvalue weighted by Gasteiger charge is -2.12. The van der Waals surface area contributed by atoms with Gasteiger partial charge in [0.2, 0.25) is 0 Å². The van der Waals surface area contributed by atoms with Crippen LogP contribution in [0.25, 0.3) is 107 Å². The summed E-state index contributed by atoms with van der Waals surface area (Å²) in [6.45, 7) is 0. The van der Waals surface area contributed by atoms with E-state index in [0.29, 0.717) is 11.1 Å². The van der Waals surface area contributed by atoms with E-state index in [0.717, 1.165) is 66.8 Å². The van der Waals surface area contributed by atoms with Crippen molar-refractivity contribution in [2.45, 2.75) is 0 Å². The zero-order chi connectivity index (χ0) is 40.2. The Morgan fingerprint density at radius 3 is 1.00 bits per heavy atom. The van der Waals surface area contributed by atoms with Crippen LogP contribution in [0.1, 0.15) is 11.1 Å². The largest absolute Gasteiger partial charge is 0.192 e. The summed E-state index contributed by atoms with van der Waals surface area (Å²) in [7, 11) is 0. The molecule has 2 nitrogen and oxygen atoms in total. The first-order chi connectivity index (χ1) is 29.6. The standard InChI is InChI=1S/C56H32N2S2/c57-33-35-24-43(31-45(26-35)47-18-8-20-51-49-16-1-3-22-53(49)59-55(47)51)41-14-6-12-39(29-41)37-10-5-11-38(28-37)40-13-7-15-42(30-40)44-25-36(34-58)27-46(32-44)48-19-9-21-52-50-17-2-4-23-54(50)60-56(48)52/h1-32H. The van der Waals surface area contributed by atoms with Crippen molar-refractivity contribution < 1.29 is 0 Å². The van der Waals surface area contributed by atoms with Crippen molar-refractivity contribution in [3.05, 3.63) is 205 Å². The number of hydrogen-bond donors (Lipinski definition) is 0. The highest BCUT2D eigenvalue weighted by atomic mass is 32.1. The van der Waals surface area contributed by atoms with Gasteiger partial charge in [0, 0.05) is 40.3 Å². The second-order valence-electron chi connectivity index (χ2n) is 15.1. The van der Waals surface area contributed by atoms with Gasteiger partial charge in [0.1, 0.15) is 0 Å². The van der Waals surface area contributed by atoms with Gasteiger partial charge in [-0.05, 0) is 133 Å². The van der Waals surface area contributed by atoms with Crippen LogP contribution in [-0.2, 0) is 0 Å². The molecule has 60 heavy (non-hydrogen) atoms. The molecule has 0 N–H and O–H groups in total. The Hall–Kier alpha value is -7.60. The van der Waals surface area contributed by atoms with Crippen LogP contribution in [0.2, 0.25) is 0 Å². The molecule has 0 bridgehead atoms. The van der Waals surface area contributed by atoms with Crippen molar-refractivity contribution in [2.75, 3.05) is 0 Å². The number of thiophene rings is 2. The number of fused-ring (bicyclic) bond motifs is 6. The van der Waals surface area contributed by atoms with E-state index in [-0.39, 0.29) is 0 Å². The molecular formula is C56H32N2S2. The zero-order valence-electron chi connectivity index (χ0n) is 32.2. The van der Waals surface area contributed by atoms with E-state index in [1.54, 1.807) is 22.7 Å². The number of nitrogens with zero attached hydrogens (tertiary/aromatic N) is 2. The van der Waals surface area contributed by atoms with Crippen LogP contribution in [-0.4, -0.2) is 0 Å². The Kier molecular flexibility index (Phi) is 8.68. The van der Waals surface area contributed by atoms with Crippen LogP contribution < -0.4 is 0 Å². The van der Waals surface area contributed by atoms with Gasteiger partial charge in [-0.3, -0.25) is 0 Å². The van der Waals surface area contributed by atoms with Crippen LogP contribution in [0.15, 0.2) is 194 Å². The number of hydrogen-bond acceptors (Lipinski definition) is 4. The fourth-order valence-electron chi connectivity index (χ4n) is 8.61. The van der Waals surface area contributed by atoms with Gasteiger partial charge in [-0.25, -0.2) is 0 Å². The molecule has 2 aromatic heterocycles. The fraction of sp³-hybridized carbons (Fsp3) is 0. The van der Waals surface area contributed by atoms with E-state index in [2.05, 4.69) is 182 Å². The SMILES string of the molecule is N#Cc1cc(-c2cccc(-c3cccc(-c4cccc(-c5cc(C#N)cc(-c6cccc7c6sc6ccccc67)c5)c4)c3)c2)cc(-c2cccc3c2sc2ccccc23)c1. The van der Waals surface area contributed by atoms with Crippen LogP contribution in [0.5, 0.6) is 0 Å². The molecule has 0 unspecified atom stereocenters. The topological polar surface area (TPSA) is 47.6 Å². The van der Waals surface area contributed by atoms with Crippen molar-refractivity contribution >= 4 is 63.0 Å². The third-order valence-corrected chi connectivity index (χ3v) is 13.9. The lowest BCUT2D eigenvalue weighted by Crippen LogP contribution is -1.88. The summed E-state index contributed by atoms with van der Waals surface area (Å²) < 4.78 is 4.99. The smallest absolute Gasteiger partial charge is 0.0992 e. The van der Waals surface area contributed by atoms with Gasteiger partial charge in [0.05, 0.1) is 23.3 Å². The maximum atomic E-state index is 10.2. The summed E-state index contributed by atoms with van der Waals surface area (Å²) in [4.78, 5) is 0. The van der Waals surface area contributed by atoms with Crippen molar-refractivity contribution in [2.24, 2.45) is 0 Å². The predicted molar refractivity (Wildman–Crippen MR) is 254 cm³/mol. The van der Waals surface area contributed by atoms with Crippen molar-refractivity contribution in [3.8, 4) is 78.9 Å². The summed E-state index contributed by atoms with van der Waals surface area (Å²) in [5, 5.41) is 25.3. The Bertz CT molecular complexity index is 3360. The van der Waals surface area contributed by atoms with E-state index >= 15 is 0 Å². The molecule has 0 amide bonds. The van der Waals surface area contributed by atoms with E-state index in [4.69, 9.17) is 0 Å². The predicted octanol–water partition coefficient (Wildman–Crippen LogP) is 16.2. The van der Waals surface area contributed by atoms with Crippen LogP contribution in [0, 0.1) is 22.7 Å². The Morgan fingerprint density at radius 2 is 0.600 bits per heavy atom. The molecule has 2 heterocycles. The molecule has 0 atom stereocenters. The van der Waals surface area contributed by atoms with Crippen molar-refractivity contribution in [3.63, 3.8) is 0 Å². The molecule has 0 spiro atoms. The third kappa shape index (κ3) is 6.24. The summed E-state index contributed by atoms with van der Waals surface area (Å²) in [5.41, 5.74) is 14.2. The monoisotopic (exact) mass is 796 g/mol. The van der Waals surface area contributed by atoms with E-state index < -0.39 is 0 Å². The number of benzene rings is 9. The molecular weight excluding hydrogens is 765 g/mol. The number of nitriles is 2. The van der Waals surface area contributed by atoms with Gasteiger partial charge < -0.3 is 0 Å². The average molecular weight is 797 g/mol. The fourth-order valence-corrected chi connectivity index (χ4v) is 11.1. The van der Waals surface area contributed by atoms with E-state index in [9.17, 15) is 10.5 Å². The van der Waals surface area contributed by atoms with Gasteiger partial charge in [0.15, 0.2) is 0 Å². The molecule has 9 aromatic carbocycles. The van der Waals surface area contributed by atoms with E-state index in [1.807, 2.05) is 24.3 Å². The molecule has 0 aliphatic heterocycles. The Labute approximate surface area is 355 Å². The number of rotatable bonds is 6. The molecule has 0 aliphatic rings. The van der Waals surface area contributed by atoms with Crippen LogP contribution in [0.4, 0.5) is 0 Å². The Balaban J connectivity index is 0.941. The molecule has 0 aliphatic carbocycles. The molecule has 11 rings (SSSR count). The van der Waals surface area contributed by atoms with Gasteiger partial charge >= 0.3 is 0 Å². The zero-order valence-corrected chi connectivity index (χ0v) is 33.8. The maximum Gasteiger partial charge on any atom is 0.0992 e. The third-order valence-electron chi connectivity index (χ3n) is 11.5. The molecule has 0 saturated heterocycles. The molecule has 0 fully saturated rings. The van der Waals surface area contributed by atoms with Crippen LogP contribution in [0.3, 0.4) is 0 Å². The average Bonchev–Trinajstić information content (AvgIpc) is 3.90. The summed E-state index contributed by atoms with van der Waals surface area (Å²) in [6, 6.07) is 73.2. The lowest BCUT2D eigenvalue weighted by atomic mass is 9.92. The first kappa shape index (κ1) is 35.6. The lowest BCUT2D eigenvalue weighted by molar-refractivity contribution is 1.48. The van der Waals surface area contributed by atoms with Crippen molar-refractivity contribution in [1.29, 1.82) is 10.5 Å². The first-order valence-electron chi connectivity index (χ1n) is 19.8.